The summed E-state index contributed by atoms with van der Waals surface area (Å²) in [5.74, 6) is -1.47. The molecule has 0 saturated carbocycles. The Bertz CT molecular complexity index is 555. The van der Waals surface area contributed by atoms with Crippen LogP contribution < -0.4 is 5.32 Å². The normalized spacial score (nSPS) is 11.8. The summed E-state index contributed by atoms with van der Waals surface area (Å²) in [6.45, 7) is 0. The number of nitrogens with one attached hydrogen (secondary N) is 1. The fourth-order valence-corrected chi connectivity index (χ4v) is 2.15. The maximum atomic E-state index is 11.9. The molecule has 5 nitrogen and oxygen atoms in total. The summed E-state index contributed by atoms with van der Waals surface area (Å²) in [4.78, 5) is 27.1. The zero-order valence-electron chi connectivity index (χ0n) is 9.95. The molecule has 1 amide bonds. The van der Waals surface area contributed by atoms with Crippen LogP contribution in [0.1, 0.15) is 16.1 Å². The lowest BCUT2D eigenvalue weighted by Gasteiger charge is -2.13. The van der Waals surface area contributed by atoms with E-state index in [1.165, 1.54) is 11.3 Å². The van der Waals surface area contributed by atoms with Gasteiger partial charge < -0.3 is 10.4 Å². The van der Waals surface area contributed by atoms with E-state index in [9.17, 15) is 9.59 Å². The van der Waals surface area contributed by atoms with Gasteiger partial charge in [-0.15, -0.1) is 11.3 Å². The third-order valence-electron chi connectivity index (χ3n) is 2.54. The Morgan fingerprint density at radius 2 is 2.05 bits per heavy atom. The molecule has 0 spiro atoms. The molecule has 2 aromatic rings. The van der Waals surface area contributed by atoms with Gasteiger partial charge in [-0.25, -0.2) is 9.78 Å². The molecule has 2 rings (SSSR count). The van der Waals surface area contributed by atoms with Crippen LogP contribution in [0.15, 0.2) is 41.2 Å². The molecule has 0 radical (unpaired) electrons. The van der Waals surface area contributed by atoms with Gasteiger partial charge in [0.25, 0.3) is 5.91 Å². The molecule has 0 aliphatic carbocycles. The van der Waals surface area contributed by atoms with Gasteiger partial charge >= 0.3 is 5.97 Å². The summed E-state index contributed by atoms with van der Waals surface area (Å²) in [6.07, 6.45) is 0.178. The van der Waals surface area contributed by atoms with Gasteiger partial charge in [0.05, 0.1) is 11.2 Å². The molecule has 0 fully saturated rings. The van der Waals surface area contributed by atoms with Crippen LogP contribution in [0.3, 0.4) is 0 Å². The lowest BCUT2D eigenvalue weighted by atomic mass is 10.1. The SMILES string of the molecule is O=C(N[C@@H](Cc1cscn1)C(=O)O)c1ccccc1. The second-order valence-corrected chi connectivity index (χ2v) is 4.63. The molecular formula is C13H12N2O3S. The molecule has 2 N–H and O–H groups in total. The minimum absolute atomic E-state index is 0.178. The summed E-state index contributed by atoms with van der Waals surface area (Å²) >= 11 is 1.39. The Hall–Kier alpha value is -2.21. The summed E-state index contributed by atoms with van der Waals surface area (Å²) < 4.78 is 0. The highest BCUT2D eigenvalue weighted by molar-refractivity contribution is 7.07. The van der Waals surface area contributed by atoms with Crippen LogP contribution in [-0.2, 0) is 11.2 Å². The smallest absolute Gasteiger partial charge is 0.326 e. The molecule has 0 aliphatic heterocycles. The molecular weight excluding hydrogens is 264 g/mol. The van der Waals surface area contributed by atoms with Crippen LogP contribution in [0.4, 0.5) is 0 Å². The minimum atomic E-state index is -1.07. The van der Waals surface area contributed by atoms with Crippen molar-refractivity contribution in [2.75, 3.05) is 0 Å². The fraction of sp³-hybridized carbons (Fsp3) is 0.154. The molecule has 1 heterocycles. The Balaban J connectivity index is 2.05. The molecule has 1 aromatic heterocycles. The number of nitrogens with zero attached hydrogens (tertiary/aromatic N) is 1. The second kappa shape index (κ2) is 6.10. The lowest BCUT2D eigenvalue weighted by Crippen LogP contribution is -2.42. The summed E-state index contributed by atoms with van der Waals surface area (Å²) in [5.41, 5.74) is 2.73. The minimum Gasteiger partial charge on any atom is -0.480 e. The van der Waals surface area contributed by atoms with Gasteiger partial charge in [-0.1, -0.05) is 18.2 Å². The molecule has 98 valence electrons. The van der Waals surface area contributed by atoms with Crippen molar-refractivity contribution in [1.82, 2.24) is 10.3 Å². The molecule has 0 bridgehead atoms. The maximum absolute atomic E-state index is 11.9. The van der Waals surface area contributed by atoms with Crippen LogP contribution in [0, 0.1) is 0 Å². The Kier molecular flexibility index (Phi) is 4.25. The van der Waals surface area contributed by atoms with Crippen LogP contribution in [0.5, 0.6) is 0 Å². The van der Waals surface area contributed by atoms with E-state index in [0.717, 1.165) is 0 Å². The average molecular weight is 276 g/mol. The van der Waals surface area contributed by atoms with Gasteiger partial charge in [0.2, 0.25) is 0 Å². The number of carbonyl (C=O) groups excluding carboxylic acids is 1. The standard InChI is InChI=1S/C13H12N2O3S/c16-12(9-4-2-1-3-5-9)15-11(13(17)18)6-10-7-19-8-14-10/h1-5,7-8,11H,6H2,(H,15,16)(H,17,18)/t11-/m0/s1. The first kappa shape index (κ1) is 13.2. The number of hydrogen-bond acceptors (Lipinski definition) is 4. The van der Waals surface area contributed by atoms with Gasteiger partial charge in [-0.05, 0) is 12.1 Å². The number of carboxylic acid groups (broad SMARTS) is 1. The number of hydrogen-bond donors (Lipinski definition) is 2. The zero-order valence-corrected chi connectivity index (χ0v) is 10.8. The topological polar surface area (TPSA) is 79.3 Å². The van der Waals surface area contributed by atoms with Crippen LogP contribution in [0.2, 0.25) is 0 Å². The number of carbonyl (C=O) groups is 2. The Morgan fingerprint density at radius 1 is 1.32 bits per heavy atom. The molecule has 6 heteroatoms. The first-order valence-electron chi connectivity index (χ1n) is 5.62. The monoisotopic (exact) mass is 276 g/mol. The zero-order chi connectivity index (χ0) is 13.7. The van der Waals surface area contributed by atoms with Crippen molar-refractivity contribution < 1.29 is 14.7 Å². The van der Waals surface area contributed by atoms with Crippen molar-refractivity contribution in [2.24, 2.45) is 0 Å². The third-order valence-corrected chi connectivity index (χ3v) is 3.17. The Labute approximate surface area is 113 Å². The van der Waals surface area contributed by atoms with Crippen molar-refractivity contribution >= 4 is 23.2 Å². The summed E-state index contributed by atoms with van der Waals surface area (Å²) in [7, 11) is 0. The number of aliphatic carboxylic acids is 1. The van der Waals surface area contributed by atoms with Gasteiger partial charge in [-0.3, -0.25) is 4.79 Å². The van der Waals surface area contributed by atoms with Crippen LogP contribution in [-0.4, -0.2) is 28.0 Å². The van der Waals surface area contributed by atoms with E-state index in [2.05, 4.69) is 10.3 Å². The summed E-state index contributed by atoms with van der Waals surface area (Å²) in [5, 5.41) is 13.4. The Morgan fingerprint density at radius 3 is 2.63 bits per heavy atom. The molecule has 19 heavy (non-hydrogen) atoms. The van der Waals surface area contributed by atoms with Crippen LogP contribution >= 0.6 is 11.3 Å². The first-order chi connectivity index (χ1) is 9.16. The number of aromatic nitrogens is 1. The summed E-state index contributed by atoms with van der Waals surface area (Å²) in [6, 6.07) is 7.54. The van der Waals surface area contributed by atoms with Crippen molar-refractivity contribution in [1.29, 1.82) is 0 Å². The van der Waals surface area contributed by atoms with E-state index in [4.69, 9.17) is 5.11 Å². The highest BCUT2D eigenvalue weighted by Crippen LogP contribution is 2.06. The molecule has 0 aliphatic rings. The number of rotatable bonds is 5. The molecule has 1 aromatic carbocycles. The third kappa shape index (κ3) is 3.62. The quantitative estimate of drug-likeness (QED) is 0.868. The lowest BCUT2D eigenvalue weighted by molar-refractivity contribution is -0.139. The van der Waals surface area contributed by atoms with E-state index < -0.39 is 17.9 Å². The van der Waals surface area contributed by atoms with Crippen molar-refractivity contribution in [2.45, 2.75) is 12.5 Å². The van der Waals surface area contributed by atoms with Gasteiger partial charge in [0.15, 0.2) is 0 Å². The predicted molar refractivity (Wildman–Crippen MR) is 71.2 cm³/mol. The number of thiazole rings is 1. The van der Waals surface area contributed by atoms with Crippen LogP contribution in [0.25, 0.3) is 0 Å². The maximum Gasteiger partial charge on any atom is 0.326 e. The van der Waals surface area contributed by atoms with E-state index >= 15 is 0 Å². The van der Waals surface area contributed by atoms with Crippen molar-refractivity contribution in [3.05, 3.63) is 52.5 Å². The van der Waals surface area contributed by atoms with E-state index in [1.54, 1.807) is 41.2 Å². The molecule has 0 unspecified atom stereocenters. The largest absolute Gasteiger partial charge is 0.480 e. The predicted octanol–water partition coefficient (Wildman–Crippen LogP) is 1.57. The second-order valence-electron chi connectivity index (χ2n) is 3.91. The van der Waals surface area contributed by atoms with Gasteiger partial charge in [0, 0.05) is 17.4 Å². The van der Waals surface area contributed by atoms with E-state index in [1.807, 2.05) is 0 Å². The average Bonchev–Trinajstić information content (AvgIpc) is 2.91. The molecule has 1 atom stereocenters. The first-order valence-corrected chi connectivity index (χ1v) is 6.57. The fourth-order valence-electron chi connectivity index (χ4n) is 1.58. The number of carboxylic acids is 1. The molecule has 0 saturated heterocycles. The van der Waals surface area contributed by atoms with Gasteiger partial charge in [-0.2, -0.15) is 0 Å². The number of benzene rings is 1. The van der Waals surface area contributed by atoms with E-state index in [0.29, 0.717) is 11.3 Å². The van der Waals surface area contributed by atoms with Gasteiger partial charge in [0.1, 0.15) is 6.04 Å². The number of amides is 1. The van der Waals surface area contributed by atoms with Crippen molar-refractivity contribution in [3.8, 4) is 0 Å². The van der Waals surface area contributed by atoms with E-state index in [-0.39, 0.29) is 6.42 Å². The highest BCUT2D eigenvalue weighted by atomic mass is 32.1. The highest BCUT2D eigenvalue weighted by Gasteiger charge is 2.21. The van der Waals surface area contributed by atoms with Crippen molar-refractivity contribution in [3.63, 3.8) is 0 Å².